The normalized spacial score (nSPS) is 17.7. The molecule has 0 bridgehead atoms. The Morgan fingerprint density at radius 3 is 2.84 bits per heavy atom. The number of rotatable bonds is 5. The molecule has 1 atom stereocenters. The molecular formula is C24H23N3O5. The van der Waals surface area contributed by atoms with E-state index in [0.717, 1.165) is 34.2 Å². The molecule has 1 saturated heterocycles. The maximum atomic E-state index is 12.4. The Bertz CT molecular complexity index is 1250. The number of nitrogens with zero attached hydrogens (tertiary/aromatic N) is 1. The second-order valence-corrected chi connectivity index (χ2v) is 8.24. The van der Waals surface area contributed by atoms with Crippen molar-refractivity contribution in [2.75, 3.05) is 6.61 Å². The van der Waals surface area contributed by atoms with Crippen LogP contribution in [0.5, 0.6) is 11.6 Å². The zero-order valence-corrected chi connectivity index (χ0v) is 17.4. The fourth-order valence-electron chi connectivity index (χ4n) is 4.37. The van der Waals surface area contributed by atoms with Crippen LogP contribution in [0.15, 0.2) is 42.6 Å². The van der Waals surface area contributed by atoms with Crippen LogP contribution in [0, 0.1) is 0 Å². The molecular weight excluding hydrogens is 410 g/mol. The highest BCUT2D eigenvalue weighted by Crippen LogP contribution is 2.33. The van der Waals surface area contributed by atoms with E-state index >= 15 is 0 Å². The molecule has 8 nitrogen and oxygen atoms in total. The van der Waals surface area contributed by atoms with E-state index in [1.807, 2.05) is 30.3 Å². The predicted molar refractivity (Wildman–Crippen MR) is 116 cm³/mol. The van der Waals surface area contributed by atoms with Gasteiger partial charge in [0.1, 0.15) is 11.8 Å². The van der Waals surface area contributed by atoms with Crippen LogP contribution in [0.1, 0.15) is 35.6 Å². The van der Waals surface area contributed by atoms with Crippen molar-refractivity contribution in [3.05, 3.63) is 59.3 Å². The first-order chi connectivity index (χ1) is 15.5. The van der Waals surface area contributed by atoms with Crippen LogP contribution in [0.2, 0.25) is 0 Å². The minimum Gasteiger partial charge on any atom is -0.494 e. The number of ether oxygens (including phenoxy) is 1. The van der Waals surface area contributed by atoms with Crippen molar-refractivity contribution in [3.8, 4) is 11.6 Å². The van der Waals surface area contributed by atoms with Gasteiger partial charge in [-0.3, -0.25) is 19.7 Å². The monoisotopic (exact) mass is 433 g/mol. The number of hydrogen-bond acceptors (Lipinski definition) is 5. The van der Waals surface area contributed by atoms with E-state index in [9.17, 15) is 19.5 Å². The van der Waals surface area contributed by atoms with Gasteiger partial charge < -0.3 is 19.7 Å². The summed E-state index contributed by atoms with van der Waals surface area (Å²) in [4.78, 5) is 36.0. The summed E-state index contributed by atoms with van der Waals surface area (Å²) >= 11 is 0. The van der Waals surface area contributed by atoms with Gasteiger partial charge in [0.15, 0.2) is 5.88 Å². The second-order valence-electron chi connectivity index (χ2n) is 8.24. The lowest BCUT2D eigenvalue weighted by Crippen LogP contribution is -2.41. The maximum absolute atomic E-state index is 12.4. The van der Waals surface area contributed by atoms with Crippen LogP contribution < -0.4 is 15.4 Å². The number of benzene rings is 2. The molecule has 32 heavy (non-hydrogen) atoms. The molecule has 3 amide bonds. The molecule has 1 unspecified atom stereocenters. The number of aromatic nitrogens is 1. The third-order valence-electron chi connectivity index (χ3n) is 6.03. The summed E-state index contributed by atoms with van der Waals surface area (Å²) in [5.41, 5.74) is 2.98. The Labute approximate surface area is 184 Å². The SMILES string of the molecule is O=C(Cc1ccc2c(c1)CCO2)NCc1ccc2c(O)n(C3CCC(=O)NC3=O)cc2c1. The topological polar surface area (TPSA) is 110 Å². The Morgan fingerprint density at radius 2 is 2.00 bits per heavy atom. The van der Waals surface area contributed by atoms with Crippen molar-refractivity contribution >= 4 is 28.5 Å². The lowest BCUT2D eigenvalue weighted by molar-refractivity contribution is -0.135. The lowest BCUT2D eigenvalue weighted by Gasteiger charge is -2.22. The summed E-state index contributed by atoms with van der Waals surface area (Å²) in [6.45, 7) is 1.04. The van der Waals surface area contributed by atoms with Gasteiger partial charge in [0.2, 0.25) is 17.7 Å². The molecule has 2 aliphatic heterocycles. The molecule has 8 heteroatoms. The van der Waals surface area contributed by atoms with E-state index in [1.165, 1.54) is 4.57 Å². The van der Waals surface area contributed by atoms with Gasteiger partial charge in [0.25, 0.3) is 0 Å². The molecule has 2 aromatic carbocycles. The van der Waals surface area contributed by atoms with Crippen molar-refractivity contribution in [2.24, 2.45) is 0 Å². The molecule has 1 aromatic heterocycles. The van der Waals surface area contributed by atoms with E-state index in [1.54, 1.807) is 12.3 Å². The number of piperidine rings is 1. The minimum atomic E-state index is -0.624. The third-order valence-corrected chi connectivity index (χ3v) is 6.03. The smallest absolute Gasteiger partial charge is 0.249 e. The first kappa shape index (κ1) is 20.1. The summed E-state index contributed by atoms with van der Waals surface area (Å²) in [7, 11) is 0. The number of carbonyl (C=O) groups is 3. The van der Waals surface area contributed by atoms with Crippen molar-refractivity contribution in [1.82, 2.24) is 15.2 Å². The second kappa shape index (κ2) is 8.03. The lowest BCUT2D eigenvalue weighted by atomic mass is 10.1. The molecule has 3 N–H and O–H groups in total. The standard InChI is InChI=1S/C24H23N3O5/c28-21-6-4-19(23(30)26-21)27-13-17-10-15(1-3-18(17)24(27)31)12-25-22(29)11-14-2-5-20-16(9-14)7-8-32-20/h1-3,5,9-10,13,19,31H,4,6-8,11-12H2,(H,25,29)(H,26,28,30). The van der Waals surface area contributed by atoms with Crippen LogP contribution >= 0.6 is 0 Å². The van der Waals surface area contributed by atoms with Crippen molar-refractivity contribution in [3.63, 3.8) is 0 Å². The van der Waals surface area contributed by atoms with Crippen molar-refractivity contribution < 1.29 is 24.2 Å². The van der Waals surface area contributed by atoms with Crippen LogP contribution in [-0.4, -0.2) is 34.0 Å². The molecule has 0 radical (unpaired) electrons. The molecule has 164 valence electrons. The Balaban J connectivity index is 1.26. The van der Waals surface area contributed by atoms with Gasteiger partial charge in [-0.2, -0.15) is 0 Å². The Morgan fingerprint density at radius 1 is 1.16 bits per heavy atom. The fourth-order valence-corrected chi connectivity index (χ4v) is 4.37. The summed E-state index contributed by atoms with van der Waals surface area (Å²) in [6, 6.07) is 10.7. The van der Waals surface area contributed by atoms with Crippen LogP contribution in [0.3, 0.4) is 0 Å². The Kier molecular flexibility index (Phi) is 5.05. The summed E-state index contributed by atoms with van der Waals surface area (Å²) in [5, 5.41) is 17.2. The van der Waals surface area contributed by atoms with E-state index in [4.69, 9.17) is 4.74 Å². The molecule has 2 aliphatic rings. The average molecular weight is 433 g/mol. The number of hydrogen-bond donors (Lipinski definition) is 3. The first-order valence-electron chi connectivity index (χ1n) is 10.7. The van der Waals surface area contributed by atoms with Gasteiger partial charge in [-0.05, 0) is 41.3 Å². The molecule has 0 spiro atoms. The number of aromatic hydroxyl groups is 1. The fraction of sp³-hybridized carbons (Fsp3) is 0.292. The summed E-state index contributed by atoms with van der Waals surface area (Å²) in [6.07, 6.45) is 3.46. The Hall–Kier alpha value is -3.81. The zero-order chi connectivity index (χ0) is 22.2. The third kappa shape index (κ3) is 3.79. The van der Waals surface area contributed by atoms with Gasteiger partial charge >= 0.3 is 0 Å². The minimum absolute atomic E-state index is 0.00864. The molecule has 3 aromatic rings. The largest absolute Gasteiger partial charge is 0.494 e. The number of fused-ring (bicyclic) bond motifs is 2. The van der Waals surface area contributed by atoms with Crippen LogP contribution in [-0.2, 0) is 33.8 Å². The van der Waals surface area contributed by atoms with E-state index in [0.29, 0.717) is 31.4 Å². The van der Waals surface area contributed by atoms with E-state index < -0.39 is 11.9 Å². The highest BCUT2D eigenvalue weighted by molar-refractivity contribution is 6.00. The molecule has 1 fully saturated rings. The highest BCUT2D eigenvalue weighted by atomic mass is 16.5. The first-order valence-corrected chi connectivity index (χ1v) is 10.7. The predicted octanol–water partition coefficient (Wildman–Crippen LogP) is 2.12. The molecule has 3 heterocycles. The van der Waals surface area contributed by atoms with Gasteiger partial charge in [-0.15, -0.1) is 0 Å². The number of nitrogens with one attached hydrogen (secondary N) is 2. The van der Waals surface area contributed by atoms with Crippen LogP contribution in [0.25, 0.3) is 10.8 Å². The van der Waals surface area contributed by atoms with Crippen LogP contribution in [0.4, 0.5) is 0 Å². The highest BCUT2D eigenvalue weighted by Gasteiger charge is 2.30. The van der Waals surface area contributed by atoms with Gasteiger partial charge in [0.05, 0.1) is 13.0 Å². The van der Waals surface area contributed by atoms with Gasteiger partial charge in [0, 0.05) is 36.4 Å². The number of amides is 3. The van der Waals surface area contributed by atoms with E-state index in [-0.39, 0.29) is 24.1 Å². The number of carbonyl (C=O) groups excluding carboxylic acids is 3. The summed E-state index contributed by atoms with van der Waals surface area (Å²) in [5.74, 6) is 0.102. The van der Waals surface area contributed by atoms with Crippen molar-refractivity contribution in [1.29, 1.82) is 0 Å². The average Bonchev–Trinajstić information content (AvgIpc) is 3.36. The quantitative estimate of drug-likeness (QED) is 0.534. The number of imide groups is 1. The van der Waals surface area contributed by atoms with Crippen molar-refractivity contribution in [2.45, 2.75) is 38.3 Å². The molecule has 0 aliphatic carbocycles. The van der Waals surface area contributed by atoms with Gasteiger partial charge in [-0.25, -0.2) is 0 Å². The maximum Gasteiger partial charge on any atom is 0.249 e. The summed E-state index contributed by atoms with van der Waals surface area (Å²) < 4.78 is 7.01. The molecule has 5 rings (SSSR count). The van der Waals surface area contributed by atoms with E-state index in [2.05, 4.69) is 10.6 Å². The molecule has 0 saturated carbocycles. The van der Waals surface area contributed by atoms with Gasteiger partial charge in [-0.1, -0.05) is 18.2 Å². The zero-order valence-electron chi connectivity index (χ0n) is 17.4.